The fourth-order valence-electron chi connectivity index (χ4n) is 5.68. The number of carbonyl (C=O) groups excluding carboxylic acids is 1. The highest BCUT2D eigenvalue weighted by Crippen LogP contribution is 2.44. The summed E-state index contributed by atoms with van der Waals surface area (Å²) >= 11 is 1.91. The standard InChI is InChI=1S/C30H31N3O2S/c1-19-8-6-9-21(16-19)28-25-11-7-15-32(25)29-23(22-10-4-5-12-27(22)36-29)18-33(28)30(34)31-24-17-20(2)13-14-26(24)35-3/h6-9,11,13-17,28H,4-5,10,12,18H2,1-3H3,(H,31,34). The van der Waals surface area contributed by atoms with E-state index in [4.69, 9.17) is 4.74 Å². The van der Waals surface area contributed by atoms with Gasteiger partial charge in [0.25, 0.3) is 0 Å². The van der Waals surface area contributed by atoms with Crippen LogP contribution < -0.4 is 10.1 Å². The number of benzene rings is 2. The van der Waals surface area contributed by atoms with Gasteiger partial charge in [0.2, 0.25) is 0 Å². The molecule has 1 unspecified atom stereocenters. The number of fused-ring (bicyclic) bond motifs is 5. The zero-order valence-electron chi connectivity index (χ0n) is 21.0. The Morgan fingerprint density at radius 1 is 1.00 bits per heavy atom. The van der Waals surface area contributed by atoms with Gasteiger partial charge in [0.1, 0.15) is 10.8 Å². The van der Waals surface area contributed by atoms with Crippen molar-refractivity contribution in [1.29, 1.82) is 0 Å². The minimum atomic E-state index is -0.213. The quantitative estimate of drug-likeness (QED) is 0.326. The van der Waals surface area contributed by atoms with E-state index in [9.17, 15) is 4.79 Å². The number of thiophene rings is 1. The van der Waals surface area contributed by atoms with Crippen molar-refractivity contribution >= 4 is 23.1 Å². The molecule has 0 saturated heterocycles. The lowest BCUT2D eigenvalue weighted by molar-refractivity contribution is 0.194. The predicted octanol–water partition coefficient (Wildman–Crippen LogP) is 7.18. The number of nitrogens with zero attached hydrogens (tertiary/aromatic N) is 2. The van der Waals surface area contributed by atoms with E-state index in [1.807, 2.05) is 41.4 Å². The first kappa shape index (κ1) is 22.9. The molecule has 1 N–H and O–H groups in total. The summed E-state index contributed by atoms with van der Waals surface area (Å²) in [6.07, 6.45) is 6.84. The third kappa shape index (κ3) is 3.90. The third-order valence-electron chi connectivity index (χ3n) is 7.39. The molecule has 5 nitrogen and oxygen atoms in total. The molecule has 2 aromatic carbocycles. The molecule has 1 aliphatic carbocycles. The van der Waals surface area contributed by atoms with E-state index in [-0.39, 0.29) is 12.1 Å². The molecule has 0 bridgehead atoms. The lowest BCUT2D eigenvalue weighted by Crippen LogP contribution is -2.38. The number of urea groups is 1. The lowest BCUT2D eigenvalue weighted by Gasteiger charge is -2.32. The first-order valence-electron chi connectivity index (χ1n) is 12.6. The van der Waals surface area contributed by atoms with Gasteiger partial charge in [-0.1, -0.05) is 35.9 Å². The van der Waals surface area contributed by atoms with Gasteiger partial charge >= 0.3 is 6.03 Å². The summed E-state index contributed by atoms with van der Waals surface area (Å²) < 4.78 is 7.89. The number of anilines is 1. The third-order valence-corrected chi connectivity index (χ3v) is 8.73. The number of carbonyl (C=O) groups is 1. The molecule has 3 heterocycles. The SMILES string of the molecule is COc1ccc(C)cc1NC(=O)N1Cc2c(sc3c2CCCC3)-n2cccc2C1c1cccc(C)c1. The highest BCUT2D eigenvalue weighted by Gasteiger charge is 2.36. The van der Waals surface area contributed by atoms with E-state index < -0.39 is 0 Å². The van der Waals surface area contributed by atoms with E-state index in [0.29, 0.717) is 18.0 Å². The number of nitrogens with one attached hydrogen (secondary N) is 1. The summed E-state index contributed by atoms with van der Waals surface area (Å²) in [5.41, 5.74) is 7.93. The monoisotopic (exact) mass is 497 g/mol. The number of rotatable bonds is 3. The van der Waals surface area contributed by atoms with Crippen LogP contribution in [0.3, 0.4) is 0 Å². The van der Waals surface area contributed by atoms with E-state index in [1.165, 1.54) is 39.4 Å². The Kier molecular flexibility index (Phi) is 5.84. The van der Waals surface area contributed by atoms with E-state index >= 15 is 0 Å². The average molecular weight is 498 g/mol. The fraction of sp³-hybridized carbons (Fsp3) is 0.300. The Bertz CT molecular complexity index is 1450. The second kappa shape index (κ2) is 9.17. The number of amides is 2. The smallest absolute Gasteiger partial charge is 0.323 e. The first-order chi connectivity index (χ1) is 17.5. The highest BCUT2D eigenvalue weighted by atomic mass is 32.1. The van der Waals surface area contributed by atoms with Crippen molar-refractivity contribution in [3.63, 3.8) is 0 Å². The van der Waals surface area contributed by atoms with Gasteiger partial charge in [0.15, 0.2) is 0 Å². The molecule has 2 amide bonds. The largest absolute Gasteiger partial charge is 0.495 e. The molecule has 0 spiro atoms. The van der Waals surface area contributed by atoms with Crippen LogP contribution in [0.1, 0.15) is 57.3 Å². The number of hydrogen-bond donors (Lipinski definition) is 1. The molecule has 6 rings (SSSR count). The van der Waals surface area contributed by atoms with Crippen molar-refractivity contribution in [3.8, 4) is 10.8 Å². The minimum Gasteiger partial charge on any atom is -0.495 e. The Hall–Kier alpha value is -3.51. The van der Waals surface area contributed by atoms with E-state index in [0.717, 1.165) is 29.7 Å². The Morgan fingerprint density at radius 2 is 1.83 bits per heavy atom. The van der Waals surface area contributed by atoms with Gasteiger partial charge in [0, 0.05) is 16.6 Å². The van der Waals surface area contributed by atoms with Crippen LogP contribution in [-0.2, 0) is 19.4 Å². The van der Waals surface area contributed by atoms with Gasteiger partial charge in [-0.3, -0.25) is 0 Å². The van der Waals surface area contributed by atoms with Crippen LogP contribution in [0.25, 0.3) is 5.00 Å². The molecular formula is C30H31N3O2S. The van der Waals surface area contributed by atoms with Crippen LogP contribution >= 0.6 is 11.3 Å². The average Bonchev–Trinajstić information content (AvgIpc) is 3.46. The van der Waals surface area contributed by atoms with Gasteiger partial charge in [-0.2, -0.15) is 0 Å². The molecule has 36 heavy (non-hydrogen) atoms. The molecule has 0 radical (unpaired) electrons. The van der Waals surface area contributed by atoms with Gasteiger partial charge in [-0.25, -0.2) is 4.79 Å². The maximum atomic E-state index is 14.2. The summed E-state index contributed by atoms with van der Waals surface area (Å²) in [7, 11) is 1.64. The molecule has 1 aliphatic heterocycles. The summed E-state index contributed by atoms with van der Waals surface area (Å²) in [4.78, 5) is 17.6. The van der Waals surface area contributed by atoms with Crippen molar-refractivity contribution in [2.75, 3.05) is 12.4 Å². The Balaban J connectivity index is 1.50. The van der Waals surface area contributed by atoms with Crippen molar-refractivity contribution in [2.24, 2.45) is 0 Å². The van der Waals surface area contributed by atoms with Crippen LogP contribution in [0.5, 0.6) is 5.75 Å². The second-order valence-corrected chi connectivity index (χ2v) is 11.0. The molecule has 0 saturated carbocycles. The lowest BCUT2D eigenvalue weighted by atomic mass is 9.95. The molecule has 2 aliphatic rings. The molecule has 184 valence electrons. The predicted molar refractivity (Wildman–Crippen MR) is 146 cm³/mol. The summed E-state index contributed by atoms with van der Waals surface area (Å²) in [6, 6.07) is 18.3. The number of methoxy groups -OCH3 is 1. The van der Waals surface area contributed by atoms with Crippen LogP contribution in [0.4, 0.5) is 10.5 Å². The Morgan fingerprint density at radius 3 is 2.67 bits per heavy atom. The maximum absolute atomic E-state index is 14.2. The fourth-order valence-corrected chi connectivity index (χ4v) is 7.09. The van der Waals surface area contributed by atoms with E-state index in [1.54, 1.807) is 7.11 Å². The number of aryl methyl sites for hydroxylation is 3. The van der Waals surface area contributed by atoms with E-state index in [2.05, 4.69) is 59.4 Å². The highest BCUT2D eigenvalue weighted by molar-refractivity contribution is 7.15. The molecule has 1 atom stereocenters. The van der Waals surface area contributed by atoms with Gasteiger partial charge < -0.3 is 19.5 Å². The van der Waals surface area contributed by atoms with Crippen molar-refractivity contribution < 1.29 is 9.53 Å². The van der Waals surface area contributed by atoms with Crippen molar-refractivity contribution in [2.45, 2.75) is 52.1 Å². The molecule has 6 heteroatoms. The van der Waals surface area contributed by atoms with Crippen molar-refractivity contribution in [1.82, 2.24) is 9.47 Å². The van der Waals surface area contributed by atoms with Crippen LogP contribution in [0.2, 0.25) is 0 Å². The zero-order valence-corrected chi connectivity index (χ0v) is 21.8. The van der Waals surface area contributed by atoms with Gasteiger partial charge in [0.05, 0.1) is 31.1 Å². The van der Waals surface area contributed by atoms with Crippen molar-refractivity contribution in [3.05, 3.63) is 99.2 Å². The topological polar surface area (TPSA) is 46.5 Å². The summed E-state index contributed by atoms with van der Waals surface area (Å²) in [5, 5.41) is 4.46. The Labute approximate surface area is 216 Å². The van der Waals surface area contributed by atoms with Gasteiger partial charge in [-0.05, 0) is 80.5 Å². The molecule has 2 aromatic heterocycles. The normalized spacial score (nSPS) is 16.5. The zero-order chi connectivity index (χ0) is 24.8. The van der Waals surface area contributed by atoms with Gasteiger partial charge in [-0.15, -0.1) is 11.3 Å². The molecular weight excluding hydrogens is 466 g/mol. The second-order valence-electron chi connectivity index (χ2n) is 9.88. The molecule has 4 aromatic rings. The van der Waals surface area contributed by atoms with Crippen LogP contribution in [-0.4, -0.2) is 22.6 Å². The van der Waals surface area contributed by atoms with Crippen LogP contribution in [0, 0.1) is 13.8 Å². The summed E-state index contributed by atoms with van der Waals surface area (Å²) in [6.45, 7) is 4.70. The first-order valence-corrected chi connectivity index (χ1v) is 13.4. The number of hydrogen-bond acceptors (Lipinski definition) is 3. The minimum absolute atomic E-state index is 0.123. The number of aromatic nitrogens is 1. The molecule has 0 fully saturated rings. The number of ether oxygens (including phenoxy) is 1. The maximum Gasteiger partial charge on any atom is 0.323 e. The van der Waals surface area contributed by atoms with Crippen LogP contribution in [0.15, 0.2) is 60.8 Å². The summed E-state index contributed by atoms with van der Waals surface area (Å²) in [5.74, 6) is 0.660.